The van der Waals surface area contributed by atoms with Gasteiger partial charge in [-0.2, -0.15) is 0 Å². The highest BCUT2D eigenvalue weighted by Gasteiger charge is 2.30. The van der Waals surface area contributed by atoms with Crippen LogP contribution in [0.3, 0.4) is 0 Å². The van der Waals surface area contributed by atoms with Crippen molar-refractivity contribution in [3.63, 3.8) is 0 Å². The zero-order valence-corrected chi connectivity index (χ0v) is 15.5. The maximum atomic E-state index is 13.2. The van der Waals surface area contributed by atoms with Gasteiger partial charge in [0.1, 0.15) is 5.76 Å². The molecular weight excluding hydrogens is 362 g/mol. The smallest absolute Gasteiger partial charge is 0.306 e. The van der Waals surface area contributed by atoms with E-state index in [0.717, 1.165) is 29.0 Å². The van der Waals surface area contributed by atoms with Crippen molar-refractivity contribution in [1.82, 2.24) is 4.57 Å². The van der Waals surface area contributed by atoms with Gasteiger partial charge in [0.05, 0.1) is 25.0 Å². The number of rotatable bonds is 4. The maximum Gasteiger partial charge on any atom is 0.306 e. The van der Waals surface area contributed by atoms with Gasteiger partial charge in [-0.1, -0.05) is 18.2 Å². The van der Waals surface area contributed by atoms with Gasteiger partial charge in [0.2, 0.25) is 11.2 Å². The molecule has 1 aliphatic rings. The van der Waals surface area contributed by atoms with Crippen LogP contribution in [0.2, 0.25) is 0 Å². The quantitative estimate of drug-likeness (QED) is 0.696. The first kappa shape index (κ1) is 18.0. The maximum absolute atomic E-state index is 13.2. The van der Waals surface area contributed by atoms with Crippen molar-refractivity contribution in [2.75, 3.05) is 7.11 Å². The number of ether oxygens (including phenoxy) is 1. The third-order valence-corrected chi connectivity index (χ3v) is 5.19. The van der Waals surface area contributed by atoms with Crippen molar-refractivity contribution in [1.29, 1.82) is 0 Å². The van der Waals surface area contributed by atoms with Gasteiger partial charge in [-0.15, -0.1) is 0 Å². The normalized spacial score (nSPS) is 13.6. The molecule has 0 saturated carbocycles. The Morgan fingerprint density at radius 2 is 2.11 bits per heavy atom. The molecule has 0 aliphatic carbocycles. The summed E-state index contributed by atoms with van der Waals surface area (Å²) >= 11 is 0. The second-order valence-electron chi connectivity index (χ2n) is 6.93. The molecule has 0 spiro atoms. The van der Waals surface area contributed by atoms with Crippen LogP contribution in [0.5, 0.6) is 5.75 Å². The molecule has 3 aromatic rings. The molecule has 144 valence electrons. The van der Waals surface area contributed by atoms with E-state index in [1.165, 1.54) is 7.11 Å². The first-order valence-electron chi connectivity index (χ1n) is 8.96. The molecule has 1 aliphatic heterocycles. The standard InChI is InChI=1S/C21H19NO6/c1-11-8-16(23)19(25)20(28-11)14(10-17(24)27-2)15-9-13-5-3-4-12-6-7-22(18(12)13)21(15)26/h3-5,8-9,14,25H,6-7,10H2,1-2H3. The minimum absolute atomic E-state index is 0.103. The molecule has 0 fully saturated rings. The van der Waals surface area contributed by atoms with Crippen LogP contribution < -0.4 is 11.0 Å². The van der Waals surface area contributed by atoms with E-state index >= 15 is 0 Å². The first-order chi connectivity index (χ1) is 13.4. The number of methoxy groups -OCH3 is 1. The number of aryl methyl sites for hydroxylation is 3. The fourth-order valence-corrected chi connectivity index (χ4v) is 3.90. The van der Waals surface area contributed by atoms with Crippen molar-refractivity contribution >= 4 is 16.9 Å². The van der Waals surface area contributed by atoms with E-state index in [4.69, 9.17) is 9.15 Å². The Labute approximate surface area is 159 Å². The van der Waals surface area contributed by atoms with Gasteiger partial charge in [-0.05, 0) is 30.4 Å². The Morgan fingerprint density at radius 3 is 2.86 bits per heavy atom. The summed E-state index contributed by atoms with van der Waals surface area (Å²) in [7, 11) is 1.24. The van der Waals surface area contributed by atoms with Crippen LogP contribution >= 0.6 is 0 Å². The molecule has 28 heavy (non-hydrogen) atoms. The molecule has 0 amide bonds. The lowest BCUT2D eigenvalue weighted by atomic mass is 9.92. The average Bonchev–Trinajstić information content (AvgIpc) is 3.11. The van der Waals surface area contributed by atoms with Gasteiger partial charge in [0.25, 0.3) is 5.56 Å². The summed E-state index contributed by atoms with van der Waals surface area (Å²) < 4.78 is 12.0. The number of esters is 1. The van der Waals surface area contributed by atoms with Crippen molar-refractivity contribution in [2.45, 2.75) is 32.2 Å². The van der Waals surface area contributed by atoms with Crippen LogP contribution in [0.4, 0.5) is 0 Å². The summed E-state index contributed by atoms with van der Waals surface area (Å²) in [5, 5.41) is 11.2. The van der Waals surface area contributed by atoms with Crippen LogP contribution in [0, 0.1) is 6.92 Å². The third kappa shape index (κ3) is 2.79. The molecule has 1 N–H and O–H groups in total. The Hall–Kier alpha value is -3.35. The largest absolute Gasteiger partial charge is 0.502 e. The predicted molar refractivity (Wildman–Crippen MR) is 102 cm³/mol. The number of pyridine rings is 1. The van der Waals surface area contributed by atoms with Crippen molar-refractivity contribution < 1.29 is 19.1 Å². The number of aromatic nitrogens is 1. The van der Waals surface area contributed by atoms with E-state index in [1.807, 2.05) is 18.2 Å². The SMILES string of the molecule is COC(=O)CC(c1oc(C)cc(=O)c1O)c1cc2cccc3c2n(c1=O)CC3. The van der Waals surface area contributed by atoms with Gasteiger partial charge in [-0.25, -0.2) is 0 Å². The topological polar surface area (TPSA) is 98.7 Å². The number of benzene rings is 1. The van der Waals surface area contributed by atoms with E-state index in [-0.39, 0.29) is 29.1 Å². The van der Waals surface area contributed by atoms with Crippen molar-refractivity contribution in [3.8, 4) is 5.75 Å². The van der Waals surface area contributed by atoms with Gasteiger partial charge < -0.3 is 18.8 Å². The van der Waals surface area contributed by atoms with E-state index < -0.39 is 23.1 Å². The van der Waals surface area contributed by atoms with E-state index in [0.29, 0.717) is 6.54 Å². The van der Waals surface area contributed by atoms with E-state index in [2.05, 4.69) is 0 Å². The lowest BCUT2D eigenvalue weighted by Crippen LogP contribution is -2.26. The Kier molecular flexibility index (Phi) is 4.30. The zero-order valence-electron chi connectivity index (χ0n) is 15.5. The minimum atomic E-state index is -0.940. The second-order valence-corrected chi connectivity index (χ2v) is 6.93. The van der Waals surface area contributed by atoms with Crippen molar-refractivity contribution in [2.24, 2.45) is 0 Å². The summed E-state index contributed by atoms with van der Waals surface area (Å²) in [6.45, 7) is 2.11. The van der Waals surface area contributed by atoms with Gasteiger partial charge in [-0.3, -0.25) is 14.4 Å². The highest BCUT2D eigenvalue weighted by atomic mass is 16.5. The van der Waals surface area contributed by atoms with Gasteiger partial charge in [0, 0.05) is 18.2 Å². The van der Waals surface area contributed by atoms with E-state index in [9.17, 15) is 19.5 Å². The summed E-state index contributed by atoms with van der Waals surface area (Å²) in [4.78, 5) is 37.4. The molecule has 0 saturated heterocycles. The van der Waals surface area contributed by atoms with Crippen LogP contribution in [-0.2, 0) is 22.5 Å². The Balaban J connectivity index is 2.00. The molecule has 4 rings (SSSR count). The number of hydrogen-bond acceptors (Lipinski definition) is 6. The van der Waals surface area contributed by atoms with Crippen LogP contribution in [0.15, 0.2) is 44.3 Å². The number of aromatic hydroxyl groups is 1. The Morgan fingerprint density at radius 1 is 1.32 bits per heavy atom. The molecule has 1 unspecified atom stereocenters. The molecule has 0 bridgehead atoms. The summed E-state index contributed by atoms with van der Waals surface area (Å²) in [6.07, 6.45) is 0.513. The zero-order chi connectivity index (χ0) is 20.0. The minimum Gasteiger partial charge on any atom is -0.502 e. The molecule has 2 aromatic heterocycles. The number of nitrogens with zero attached hydrogens (tertiary/aromatic N) is 1. The van der Waals surface area contributed by atoms with E-state index in [1.54, 1.807) is 17.6 Å². The van der Waals surface area contributed by atoms with Crippen LogP contribution in [-0.4, -0.2) is 22.8 Å². The number of para-hydroxylation sites is 1. The van der Waals surface area contributed by atoms with Crippen molar-refractivity contribution in [3.05, 3.63) is 73.6 Å². The second kappa shape index (κ2) is 6.67. The summed E-state index contributed by atoms with van der Waals surface area (Å²) in [5.41, 5.74) is 1.36. The summed E-state index contributed by atoms with van der Waals surface area (Å²) in [6, 6.07) is 8.67. The number of carbonyl (C=O) groups excluding carboxylic acids is 1. The highest BCUT2D eigenvalue weighted by molar-refractivity contribution is 5.84. The summed E-state index contributed by atoms with van der Waals surface area (Å²) in [5.74, 6) is -1.95. The monoisotopic (exact) mass is 381 g/mol. The molecule has 1 aromatic carbocycles. The molecule has 7 nitrogen and oxygen atoms in total. The highest BCUT2D eigenvalue weighted by Crippen LogP contribution is 2.34. The molecule has 7 heteroatoms. The first-order valence-corrected chi connectivity index (χ1v) is 8.96. The van der Waals surface area contributed by atoms with Crippen LogP contribution in [0.25, 0.3) is 10.9 Å². The molecular formula is C21H19NO6. The fraction of sp³-hybridized carbons (Fsp3) is 0.286. The van der Waals surface area contributed by atoms with Gasteiger partial charge >= 0.3 is 5.97 Å². The molecule has 0 radical (unpaired) electrons. The van der Waals surface area contributed by atoms with Crippen LogP contribution in [0.1, 0.15) is 35.0 Å². The Bertz CT molecular complexity index is 1220. The molecule has 3 heterocycles. The fourth-order valence-electron chi connectivity index (χ4n) is 3.90. The predicted octanol–water partition coefficient (Wildman–Crippen LogP) is 2.22. The molecule has 1 atom stereocenters. The average molecular weight is 381 g/mol. The van der Waals surface area contributed by atoms with Gasteiger partial charge in [0.15, 0.2) is 5.76 Å². The lowest BCUT2D eigenvalue weighted by molar-refractivity contribution is -0.140. The third-order valence-electron chi connectivity index (χ3n) is 5.19. The number of hydrogen-bond donors (Lipinski definition) is 1. The number of carbonyl (C=O) groups is 1. The lowest BCUT2D eigenvalue weighted by Gasteiger charge is -2.18.